The van der Waals surface area contributed by atoms with Gasteiger partial charge in [0, 0.05) is 0 Å². The molecule has 106 valence electrons. The molecule has 3 N–H and O–H groups in total. The van der Waals surface area contributed by atoms with Gasteiger partial charge in [-0.15, -0.1) is 0 Å². The van der Waals surface area contributed by atoms with Gasteiger partial charge in [0.2, 0.25) is 10.0 Å². The molecule has 0 aliphatic carbocycles. The van der Waals surface area contributed by atoms with Gasteiger partial charge in [-0.05, 0) is 17.5 Å². The van der Waals surface area contributed by atoms with Gasteiger partial charge in [0.05, 0.1) is 17.0 Å². The van der Waals surface area contributed by atoms with Crippen LogP contribution in [0.2, 0.25) is 0 Å². The fraction of sp³-hybridized carbons (Fsp3) is 0.417. The van der Waals surface area contributed by atoms with Crippen LogP contribution >= 0.6 is 12.2 Å². The Balaban J connectivity index is 3.14. The van der Waals surface area contributed by atoms with Crippen LogP contribution in [0.5, 0.6) is 0 Å². The highest BCUT2D eigenvalue weighted by molar-refractivity contribution is 7.92. The molecule has 4 nitrogen and oxygen atoms in total. The summed E-state index contributed by atoms with van der Waals surface area (Å²) < 4.78 is 39.9. The van der Waals surface area contributed by atoms with Crippen molar-refractivity contribution in [3.8, 4) is 0 Å². The topological polar surface area (TPSA) is 72.2 Å². The lowest BCUT2D eigenvalue weighted by Crippen LogP contribution is -2.27. The number of nitrogens with two attached hydrogens (primary N) is 1. The zero-order valence-electron chi connectivity index (χ0n) is 11.0. The van der Waals surface area contributed by atoms with Crippen molar-refractivity contribution in [2.45, 2.75) is 20.8 Å². The van der Waals surface area contributed by atoms with Crippen LogP contribution in [0, 0.1) is 11.2 Å². The monoisotopic (exact) mass is 304 g/mol. The maximum absolute atomic E-state index is 13.6. The first-order chi connectivity index (χ1) is 8.52. The van der Waals surface area contributed by atoms with E-state index in [2.05, 4.69) is 4.72 Å². The third kappa shape index (κ3) is 4.76. The number of hydrogen-bond donors (Lipinski definition) is 2. The normalized spacial score (nSPS) is 12.2. The SMILES string of the molecule is CC(C)(C)CS(=O)(=O)Nc1cccc(F)c1C(N)=S. The van der Waals surface area contributed by atoms with Crippen molar-refractivity contribution in [3.63, 3.8) is 0 Å². The second-order valence-electron chi connectivity index (χ2n) is 5.45. The van der Waals surface area contributed by atoms with Gasteiger partial charge in [-0.2, -0.15) is 0 Å². The molecule has 0 radical (unpaired) electrons. The second-order valence-corrected chi connectivity index (χ2v) is 7.61. The first kappa shape index (κ1) is 15.8. The van der Waals surface area contributed by atoms with Crippen LogP contribution in [0.25, 0.3) is 0 Å². The quantitative estimate of drug-likeness (QED) is 0.837. The molecule has 0 atom stereocenters. The van der Waals surface area contributed by atoms with E-state index in [-0.39, 0.29) is 22.0 Å². The number of thiocarbonyl (C=S) groups is 1. The number of halogens is 1. The van der Waals surface area contributed by atoms with E-state index in [1.807, 2.05) is 0 Å². The van der Waals surface area contributed by atoms with Gasteiger partial charge in [0.15, 0.2) is 0 Å². The summed E-state index contributed by atoms with van der Waals surface area (Å²) in [5.74, 6) is -0.740. The predicted molar refractivity (Wildman–Crippen MR) is 79.2 cm³/mol. The summed E-state index contributed by atoms with van der Waals surface area (Å²) in [7, 11) is -3.60. The van der Waals surface area contributed by atoms with E-state index >= 15 is 0 Å². The summed E-state index contributed by atoms with van der Waals surface area (Å²) in [6, 6.07) is 4.00. The number of rotatable bonds is 4. The standard InChI is InChI=1S/C12H17FN2O2S2/c1-12(2,3)7-19(16,17)15-9-6-4-5-8(13)10(9)11(14)18/h4-6,15H,7H2,1-3H3,(H2,14,18). The Morgan fingerprint density at radius 3 is 2.47 bits per heavy atom. The zero-order chi connectivity index (χ0) is 14.8. The Morgan fingerprint density at radius 1 is 1.42 bits per heavy atom. The maximum atomic E-state index is 13.6. The van der Waals surface area contributed by atoms with Gasteiger partial charge < -0.3 is 5.73 Å². The zero-order valence-corrected chi connectivity index (χ0v) is 12.7. The molecule has 0 amide bonds. The molecule has 0 aromatic heterocycles. The minimum absolute atomic E-state index is 0.0664. The Hall–Kier alpha value is -1.21. The Bertz CT molecular complexity index is 592. The lowest BCUT2D eigenvalue weighted by molar-refractivity contribution is 0.463. The third-order valence-electron chi connectivity index (χ3n) is 2.15. The predicted octanol–water partition coefficient (Wildman–Crippen LogP) is 2.25. The molecule has 1 rings (SSSR count). The summed E-state index contributed by atoms with van der Waals surface area (Å²) in [6.07, 6.45) is 0. The Morgan fingerprint density at radius 2 is 2.00 bits per heavy atom. The summed E-state index contributed by atoms with van der Waals surface area (Å²) >= 11 is 4.74. The molecule has 0 fully saturated rings. The molecule has 0 saturated carbocycles. The van der Waals surface area contributed by atoms with Crippen LogP contribution in [0.1, 0.15) is 26.3 Å². The fourth-order valence-corrected chi connectivity index (χ4v) is 3.56. The highest BCUT2D eigenvalue weighted by Crippen LogP contribution is 2.23. The average molecular weight is 304 g/mol. The van der Waals surface area contributed by atoms with Crippen molar-refractivity contribution in [3.05, 3.63) is 29.6 Å². The highest BCUT2D eigenvalue weighted by Gasteiger charge is 2.23. The molecule has 1 aromatic rings. The van der Waals surface area contributed by atoms with Crippen molar-refractivity contribution < 1.29 is 12.8 Å². The fourth-order valence-electron chi connectivity index (χ4n) is 1.63. The van der Waals surface area contributed by atoms with Gasteiger partial charge >= 0.3 is 0 Å². The Kier molecular flexibility index (Phi) is 4.52. The minimum Gasteiger partial charge on any atom is -0.389 e. The van der Waals surface area contributed by atoms with Crippen molar-refractivity contribution in [1.82, 2.24) is 0 Å². The van der Waals surface area contributed by atoms with E-state index in [1.165, 1.54) is 18.2 Å². The summed E-state index contributed by atoms with van der Waals surface area (Å²) in [5.41, 5.74) is 4.98. The smallest absolute Gasteiger partial charge is 0.233 e. The van der Waals surface area contributed by atoms with Gasteiger partial charge in [-0.3, -0.25) is 4.72 Å². The van der Waals surface area contributed by atoms with Crippen LogP contribution in [-0.2, 0) is 10.0 Å². The molecule has 0 saturated heterocycles. The van der Waals surface area contributed by atoms with Crippen LogP contribution in [-0.4, -0.2) is 19.2 Å². The summed E-state index contributed by atoms with van der Waals surface area (Å²) in [6.45, 7) is 5.39. The van der Waals surface area contributed by atoms with E-state index in [4.69, 9.17) is 18.0 Å². The molecule has 0 bridgehead atoms. The lowest BCUT2D eigenvalue weighted by atomic mass is 10.0. The van der Waals surface area contributed by atoms with Crippen molar-refractivity contribution in [2.75, 3.05) is 10.5 Å². The molecular weight excluding hydrogens is 287 g/mol. The van der Waals surface area contributed by atoms with Crippen molar-refractivity contribution in [1.29, 1.82) is 0 Å². The molecule has 0 unspecified atom stereocenters. The van der Waals surface area contributed by atoms with Crippen LogP contribution in [0.3, 0.4) is 0 Å². The largest absolute Gasteiger partial charge is 0.389 e. The van der Waals surface area contributed by atoms with Crippen LogP contribution in [0.15, 0.2) is 18.2 Å². The van der Waals surface area contributed by atoms with E-state index < -0.39 is 21.3 Å². The third-order valence-corrected chi connectivity index (χ3v) is 4.13. The lowest BCUT2D eigenvalue weighted by Gasteiger charge is -2.19. The number of sulfonamides is 1. The molecular formula is C12H17FN2O2S2. The van der Waals surface area contributed by atoms with Crippen LogP contribution in [0.4, 0.5) is 10.1 Å². The van der Waals surface area contributed by atoms with Gasteiger partial charge in [-0.25, -0.2) is 12.8 Å². The molecule has 0 aliphatic rings. The van der Waals surface area contributed by atoms with E-state index in [0.717, 1.165) is 0 Å². The molecule has 0 spiro atoms. The van der Waals surface area contributed by atoms with E-state index in [9.17, 15) is 12.8 Å². The first-order valence-corrected chi connectivity index (χ1v) is 7.67. The molecule has 0 aliphatic heterocycles. The Labute approximate surface area is 118 Å². The summed E-state index contributed by atoms with van der Waals surface area (Å²) in [4.78, 5) is -0.188. The van der Waals surface area contributed by atoms with Gasteiger partial charge in [0.25, 0.3) is 0 Å². The number of nitrogens with one attached hydrogen (secondary N) is 1. The molecule has 7 heteroatoms. The van der Waals surface area contributed by atoms with Gasteiger partial charge in [-0.1, -0.05) is 39.1 Å². The maximum Gasteiger partial charge on any atom is 0.233 e. The van der Waals surface area contributed by atoms with Crippen molar-refractivity contribution >= 4 is 32.9 Å². The average Bonchev–Trinajstić information content (AvgIpc) is 2.11. The van der Waals surface area contributed by atoms with E-state index in [0.29, 0.717) is 0 Å². The number of anilines is 1. The molecule has 1 aromatic carbocycles. The first-order valence-electron chi connectivity index (χ1n) is 5.61. The van der Waals surface area contributed by atoms with Gasteiger partial charge in [0.1, 0.15) is 10.8 Å². The summed E-state index contributed by atoms with van der Waals surface area (Å²) in [5, 5.41) is 0. The second kappa shape index (κ2) is 5.42. The highest BCUT2D eigenvalue weighted by atomic mass is 32.2. The number of hydrogen-bond acceptors (Lipinski definition) is 3. The molecule has 0 heterocycles. The minimum atomic E-state index is -3.60. The molecule has 19 heavy (non-hydrogen) atoms. The van der Waals surface area contributed by atoms with E-state index in [1.54, 1.807) is 20.8 Å². The van der Waals surface area contributed by atoms with Crippen LogP contribution < -0.4 is 10.5 Å². The van der Waals surface area contributed by atoms with Crippen molar-refractivity contribution in [2.24, 2.45) is 11.1 Å². The number of benzene rings is 1.